The van der Waals surface area contributed by atoms with Crippen molar-refractivity contribution in [3.05, 3.63) is 0 Å². The van der Waals surface area contributed by atoms with E-state index in [2.05, 4.69) is 10.3 Å². The van der Waals surface area contributed by atoms with Gasteiger partial charge in [0.15, 0.2) is 12.1 Å². The van der Waals surface area contributed by atoms with E-state index < -0.39 is 18.8 Å². The molecule has 2 unspecified atom stereocenters. The molecule has 0 radical (unpaired) electrons. The second-order valence-electron chi connectivity index (χ2n) is 5.73. The number of nitrogens with one attached hydrogen (secondary N) is 1. The van der Waals surface area contributed by atoms with Crippen LogP contribution < -0.4 is 5.32 Å². The van der Waals surface area contributed by atoms with Crippen molar-refractivity contribution in [3.8, 4) is 0 Å². The summed E-state index contributed by atoms with van der Waals surface area (Å²) in [5.74, 6) is 0.435. The molecule has 2 N–H and O–H groups in total. The lowest BCUT2D eigenvalue weighted by Crippen LogP contribution is -2.42. The van der Waals surface area contributed by atoms with Crippen LogP contribution in [0.4, 0.5) is 13.2 Å². The summed E-state index contributed by atoms with van der Waals surface area (Å²) in [5.41, 5.74) is 0.110. The molecular formula is C13H22F3N3O2. The van der Waals surface area contributed by atoms with E-state index in [0.717, 1.165) is 32.5 Å². The Balaban J connectivity index is 1.98. The van der Waals surface area contributed by atoms with Gasteiger partial charge in [-0.1, -0.05) is 0 Å². The van der Waals surface area contributed by atoms with Crippen molar-refractivity contribution in [1.82, 2.24) is 10.2 Å². The number of likely N-dealkylation sites (tertiary alicyclic amines) is 1. The van der Waals surface area contributed by atoms with Gasteiger partial charge in [-0.25, -0.2) is 0 Å². The molecule has 2 fully saturated rings. The number of guanidine groups is 1. The number of aliphatic hydroxyl groups is 1. The minimum absolute atomic E-state index is 0.110. The molecule has 2 atom stereocenters. The van der Waals surface area contributed by atoms with Crippen LogP contribution in [-0.4, -0.2) is 67.6 Å². The fourth-order valence-electron chi connectivity index (χ4n) is 2.79. The summed E-state index contributed by atoms with van der Waals surface area (Å²) >= 11 is 0. The number of nitrogens with zero attached hydrogens (tertiary/aromatic N) is 2. The van der Waals surface area contributed by atoms with Gasteiger partial charge in [0.05, 0.1) is 13.2 Å². The molecule has 122 valence electrons. The molecule has 0 aromatic rings. The van der Waals surface area contributed by atoms with Crippen molar-refractivity contribution in [2.24, 2.45) is 10.4 Å². The Hall–Kier alpha value is -1.02. The first-order valence-electron chi connectivity index (χ1n) is 7.22. The van der Waals surface area contributed by atoms with Crippen LogP contribution in [0.3, 0.4) is 0 Å². The smallest absolute Gasteiger partial charge is 0.382 e. The molecule has 21 heavy (non-hydrogen) atoms. The van der Waals surface area contributed by atoms with Gasteiger partial charge in [-0.05, 0) is 19.8 Å². The standard InChI is InChI=1S/C13H22F3N3O2/c1-2-17-11(18-7-10(20)13(14,15)16)19-5-3-12(8-19)4-6-21-9-12/h10,20H,2-9H2,1H3,(H,17,18). The Morgan fingerprint density at radius 3 is 2.81 bits per heavy atom. The number of hydrogen-bond acceptors (Lipinski definition) is 3. The maximum atomic E-state index is 12.3. The Morgan fingerprint density at radius 1 is 1.48 bits per heavy atom. The van der Waals surface area contributed by atoms with Crippen LogP contribution in [0.2, 0.25) is 0 Å². The summed E-state index contributed by atoms with van der Waals surface area (Å²) in [6.45, 7) is 4.69. The number of halogens is 3. The minimum Gasteiger partial charge on any atom is -0.382 e. The molecule has 5 nitrogen and oxygen atoms in total. The number of aliphatic hydroxyl groups excluding tert-OH is 1. The zero-order chi connectivity index (χ0) is 15.5. The van der Waals surface area contributed by atoms with Crippen LogP contribution in [0.15, 0.2) is 4.99 Å². The van der Waals surface area contributed by atoms with Gasteiger partial charge >= 0.3 is 6.18 Å². The number of aliphatic imine (C=N–C) groups is 1. The maximum absolute atomic E-state index is 12.3. The number of alkyl halides is 3. The van der Waals surface area contributed by atoms with Crippen LogP contribution >= 0.6 is 0 Å². The lowest BCUT2D eigenvalue weighted by Gasteiger charge is -2.25. The molecule has 0 saturated carbocycles. The predicted octanol–water partition coefficient (Wildman–Crippen LogP) is 0.988. The lowest BCUT2D eigenvalue weighted by atomic mass is 9.87. The molecule has 0 aromatic carbocycles. The van der Waals surface area contributed by atoms with Gasteiger partial charge in [0.2, 0.25) is 0 Å². The summed E-state index contributed by atoms with van der Waals surface area (Å²) in [6, 6.07) is 0. The van der Waals surface area contributed by atoms with Gasteiger partial charge in [-0.2, -0.15) is 13.2 Å². The monoisotopic (exact) mass is 309 g/mol. The zero-order valence-electron chi connectivity index (χ0n) is 12.1. The summed E-state index contributed by atoms with van der Waals surface area (Å²) in [7, 11) is 0. The topological polar surface area (TPSA) is 57.1 Å². The van der Waals surface area contributed by atoms with Crippen molar-refractivity contribution < 1.29 is 23.0 Å². The largest absolute Gasteiger partial charge is 0.416 e. The van der Waals surface area contributed by atoms with Crippen molar-refractivity contribution in [2.45, 2.75) is 32.0 Å². The highest BCUT2D eigenvalue weighted by molar-refractivity contribution is 5.80. The highest BCUT2D eigenvalue weighted by Gasteiger charge is 2.42. The third kappa shape index (κ3) is 4.00. The summed E-state index contributed by atoms with van der Waals surface area (Å²) in [5, 5.41) is 12.0. The molecule has 0 aliphatic carbocycles. The van der Waals surface area contributed by atoms with E-state index in [-0.39, 0.29) is 5.41 Å². The van der Waals surface area contributed by atoms with Gasteiger partial charge < -0.3 is 20.1 Å². The fraction of sp³-hybridized carbons (Fsp3) is 0.923. The normalized spacial score (nSPS) is 28.4. The molecule has 2 aliphatic heterocycles. The average Bonchev–Trinajstić information content (AvgIpc) is 3.04. The quantitative estimate of drug-likeness (QED) is 0.603. The first kappa shape index (κ1) is 16.4. The maximum Gasteiger partial charge on any atom is 0.416 e. The van der Waals surface area contributed by atoms with Crippen molar-refractivity contribution in [3.63, 3.8) is 0 Å². The second-order valence-corrected chi connectivity index (χ2v) is 5.73. The Morgan fingerprint density at radius 2 is 2.24 bits per heavy atom. The average molecular weight is 309 g/mol. The van der Waals surface area contributed by atoms with E-state index in [1.54, 1.807) is 0 Å². The van der Waals surface area contributed by atoms with Crippen LogP contribution in [0.25, 0.3) is 0 Å². The molecule has 2 aliphatic rings. The molecule has 0 amide bonds. The third-order valence-corrected chi connectivity index (χ3v) is 4.05. The van der Waals surface area contributed by atoms with E-state index in [4.69, 9.17) is 9.84 Å². The molecular weight excluding hydrogens is 287 g/mol. The van der Waals surface area contributed by atoms with E-state index in [0.29, 0.717) is 19.1 Å². The summed E-state index contributed by atoms with van der Waals surface area (Å²) in [4.78, 5) is 5.90. The van der Waals surface area contributed by atoms with Crippen molar-refractivity contribution >= 4 is 5.96 Å². The van der Waals surface area contributed by atoms with E-state index in [1.807, 2.05) is 11.8 Å². The summed E-state index contributed by atoms with van der Waals surface area (Å²) in [6.07, 6.45) is -5.11. The molecule has 2 saturated heterocycles. The van der Waals surface area contributed by atoms with E-state index in [1.165, 1.54) is 0 Å². The lowest BCUT2D eigenvalue weighted by molar-refractivity contribution is -0.199. The minimum atomic E-state index is -4.63. The number of rotatable bonds is 3. The Bertz CT molecular complexity index is 381. The highest BCUT2D eigenvalue weighted by atomic mass is 19.4. The fourth-order valence-corrected chi connectivity index (χ4v) is 2.79. The van der Waals surface area contributed by atoms with E-state index in [9.17, 15) is 13.2 Å². The van der Waals surface area contributed by atoms with E-state index >= 15 is 0 Å². The molecule has 2 heterocycles. The Kier molecular flexibility index (Phi) is 4.98. The summed E-state index contributed by atoms with van der Waals surface area (Å²) < 4.78 is 42.4. The number of ether oxygens (including phenoxy) is 1. The SMILES string of the molecule is CCNC(=NCC(O)C(F)(F)F)N1CCC2(CCOC2)C1. The molecule has 2 rings (SSSR count). The van der Waals surface area contributed by atoms with Crippen LogP contribution in [0.1, 0.15) is 19.8 Å². The van der Waals surface area contributed by atoms with Gasteiger partial charge in [-0.15, -0.1) is 0 Å². The zero-order valence-corrected chi connectivity index (χ0v) is 12.1. The van der Waals surface area contributed by atoms with Crippen LogP contribution in [-0.2, 0) is 4.74 Å². The third-order valence-electron chi connectivity index (χ3n) is 4.05. The van der Waals surface area contributed by atoms with Crippen molar-refractivity contribution in [1.29, 1.82) is 0 Å². The van der Waals surface area contributed by atoms with Gasteiger partial charge in [0, 0.05) is 31.7 Å². The highest BCUT2D eigenvalue weighted by Crippen LogP contribution is 2.38. The molecule has 0 aromatic heterocycles. The van der Waals surface area contributed by atoms with Crippen LogP contribution in [0, 0.1) is 5.41 Å². The van der Waals surface area contributed by atoms with Crippen LogP contribution in [0.5, 0.6) is 0 Å². The molecule has 8 heteroatoms. The van der Waals surface area contributed by atoms with Crippen molar-refractivity contribution in [2.75, 3.05) is 39.4 Å². The number of hydrogen-bond donors (Lipinski definition) is 2. The van der Waals surface area contributed by atoms with Gasteiger partial charge in [0.25, 0.3) is 0 Å². The first-order chi connectivity index (χ1) is 9.86. The first-order valence-corrected chi connectivity index (χ1v) is 7.22. The molecule has 0 bridgehead atoms. The van der Waals surface area contributed by atoms with Gasteiger partial charge in [0.1, 0.15) is 0 Å². The van der Waals surface area contributed by atoms with Gasteiger partial charge in [-0.3, -0.25) is 4.99 Å². The Labute approximate surface area is 122 Å². The predicted molar refractivity (Wildman–Crippen MR) is 72.1 cm³/mol. The molecule has 1 spiro atoms. The second kappa shape index (κ2) is 6.39.